The number of benzene rings is 1. The van der Waals surface area contributed by atoms with Crippen LogP contribution in [0.25, 0.3) is 6.08 Å². The van der Waals surface area contributed by atoms with Crippen LogP contribution in [0.2, 0.25) is 0 Å². The second kappa shape index (κ2) is 7.55. The molecule has 138 valence electrons. The lowest BCUT2D eigenvalue weighted by atomic mass is 9.86. The smallest absolute Gasteiger partial charge is 0.166 e. The number of hydrogen-bond donors (Lipinski definition) is 1. The van der Waals surface area contributed by atoms with Gasteiger partial charge in [0.05, 0.1) is 17.8 Å². The number of nitrogens with zero attached hydrogens (tertiary/aromatic N) is 4. The molecule has 1 unspecified atom stereocenters. The van der Waals surface area contributed by atoms with Gasteiger partial charge in [-0.05, 0) is 31.0 Å². The van der Waals surface area contributed by atoms with E-state index in [9.17, 15) is 0 Å². The van der Waals surface area contributed by atoms with Gasteiger partial charge in [-0.15, -0.1) is 16.5 Å². The van der Waals surface area contributed by atoms with E-state index in [1.165, 1.54) is 0 Å². The van der Waals surface area contributed by atoms with Crippen LogP contribution in [0.15, 0.2) is 40.0 Å². The molecule has 1 aliphatic heterocycles. The first-order chi connectivity index (χ1) is 12.4. The Balaban J connectivity index is 1.77. The molecule has 1 aromatic carbocycles. The summed E-state index contributed by atoms with van der Waals surface area (Å²) < 4.78 is 5.51. The molecule has 0 fully saturated rings. The van der Waals surface area contributed by atoms with Gasteiger partial charge in [-0.2, -0.15) is 5.43 Å². The van der Waals surface area contributed by atoms with E-state index in [1.54, 1.807) is 23.6 Å². The third-order valence-electron chi connectivity index (χ3n) is 4.42. The molecule has 6 nitrogen and oxygen atoms in total. The second-order valence-corrected chi connectivity index (χ2v) is 8.07. The Morgan fingerprint density at radius 2 is 2.19 bits per heavy atom. The summed E-state index contributed by atoms with van der Waals surface area (Å²) in [5.41, 5.74) is 6.38. The maximum absolute atomic E-state index is 5.51. The van der Waals surface area contributed by atoms with Crippen LogP contribution in [0.4, 0.5) is 0 Å². The number of hydrazine groups is 1. The lowest BCUT2D eigenvalue weighted by Gasteiger charge is -2.20. The van der Waals surface area contributed by atoms with Gasteiger partial charge in [0, 0.05) is 23.4 Å². The molecule has 2 heterocycles. The topological polar surface area (TPSA) is 62.1 Å². The van der Waals surface area contributed by atoms with Gasteiger partial charge < -0.3 is 4.74 Å². The fourth-order valence-electron chi connectivity index (χ4n) is 2.81. The molecule has 1 aliphatic rings. The Bertz CT molecular complexity index is 827. The van der Waals surface area contributed by atoms with Crippen molar-refractivity contribution in [1.29, 1.82) is 0 Å². The van der Waals surface area contributed by atoms with Crippen LogP contribution in [0.1, 0.15) is 48.3 Å². The van der Waals surface area contributed by atoms with Crippen LogP contribution in [-0.2, 0) is 5.41 Å². The normalized spacial score (nSPS) is 17.4. The molecule has 0 spiro atoms. The zero-order valence-electron chi connectivity index (χ0n) is 15.9. The van der Waals surface area contributed by atoms with Crippen LogP contribution in [0.3, 0.4) is 0 Å². The monoisotopic (exact) mass is 371 g/mol. The van der Waals surface area contributed by atoms with Crippen LogP contribution < -0.4 is 10.2 Å². The van der Waals surface area contributed by atoms with Crippen molar-refractivity contribution in [2.24, 2.45) is 10.3 Å². The van der Waals surface area contributed by atoms with Crippen LogP contribution >= 0.6 is 11.3 Å². The molecule has 0 bridgehead atoms. The SMILES string of the molecule is COc1ccc(C2N=NN(C)N2)cc1/C=C/CC(C)(C)c1csc(C)n1. The Hall–Kier alpha value is -2.25. The van der Waals surface area contributed by atoms with Gasteiger partial charge in [-0.25, -0.2) is 10.1 Å². The number of allylic oxidation sites excluding steroid dienone is 1. The summed E-state index contributed by atoms with van der Waals surface area (Å²) in [4.78, 5) is 4.64. The van der Waals surface area contributed by atoms with Gasteiger partial charge in [0.15, 0.2) is 6.17 Å². The Kier molecular flexibility index (Phi) is 5.38. The fourth-order valence-corrected chi connectivity index (χ4v) is 3.62. The summed E-state index contributed by atoms with van der Waals surface area (Å²) in [6.07, 6.45) is 5.03. The quantitative estimate of drug-likeness (QED) is 0.802. The van der Waals surface area contributed by atoms with E-state index in [4.69, 9.17) is 4.74 Å². The Morgan fingerprint density at radius 3 is 2.81 bits per heavy atom. The third kappa shape index (κ3) is 4.11. The zero-order valence-corrected chi connectivity index (χ0v) is 16.7. The number of rotatable bonds is 6. The number of nitrogens with one attached hydrogen (secondary N) is 1. The van der Waals surface area contributed by atoms with Crippen LogP contribution in [0.5, 0.6) is 5.75 Å². The molecule has 7 heteroatoms. The van der Waals surface area contributed by atoms with Gasteiger partial charge in [0.1, 0.15) is 5.75 Å². The van der Waals surface area contributed by atoms with E-state index >= 15 is 0 Å². The first kappa shape index (κ1) is 18.5. The van der Waals surface area contributed by atoms with Crippen molar-refractivity contribution in [2.75, 3.05) is 14.2 Å². The first-order valence-corrected chi connectivity index (χ1v) is 9.45. The molecular weight excluding hydrogens is 346 g/mol. The van der Waals surface area contributed by atoms with Crippen molar-refractivity contribution in [3.05, 3.63) is 51.5 Å². The van der Waals surface area contributed by atoms with Crippen molar-refractivity contribution < 1.29 is 4.74 Å². The molecule has 1 aromatic heterocycles. The fraction of sp³-hybridized carbons (Fsp3) is 0.421. The van der Waals surface area contributed by atoms with Crippen molar-refractivity contribution in [1.82, 2.24) is 15.5 Å². The number of aryl methyl sites for hydroxylation is 1. The number of thiazole rings is 1. The minimum Gasteiger partial charge on any atom is -0.496 e. The first-order valence-electron chi connectivity index (χ1n) is 8.57. The number of ether oxygens (including phenoxy) is 1. The van der Waals surface area contributed by atoms with Crippen LogP contribution in [-0.4, -0.2) is 24.3 Å². The zero-order chi connectivity index (χ0) is 18.7. The predicted molar refractivity (Wildman–Crippen MR) is 105 cm³/mol. The standard InChI is InChI=1S/C19H25N5OS/c1-13-20-17(12-26-13)19(2,3)10-6-7-14-11-15(8-9-16(14)25-5)18-21-23-24(4)22-18/h6-9,11-12,18,22H,10H2,1-5H3/b7-6+. The van der Waals surface area contributed by atoms with Crippen molar-refractivity contribution in [3.8, 4) is 5.75 Å². The molecule has 1 N–H and O–H groups in total. The molecule has 26 heavy (non-hydrogen) atoms. The molecule has 1 atom stereocenters. The molecule has 2 aromatic rings. The Labute approximate surface area is 158 Å². The molecular formula is C19H25N5OS. The second-order valence-electron chi connectivity index (χ2n) is 7.00. The molecule has 0 amide bonds. The highest BCUT2D eigenvalue weighted by molar-refractivity contribution is 7.09. The Morgan fingerprint density at radius 1 is 1.38 bits per heavy atom. The van der Waals surface area contributed by atoms with Crippen LogP contribution in [0, 0.1) is 6.92 Å². The average Bonchev–Trinajstić information content (AvgIpc) is 3.23. The maximum Gasteiger partial charge on any atom is 0.166 e. The summed E-state index contributed by atoms with van der Waals surface area (Å²) in [7, 11) is 3.52. The van der Waals surface area contributed by atoms with Gasteiger partial charge >= 0.3 is 0 Å². The molecule has 0 aliphatic carbocycles. The summed E-state index contributed by atoms with van der Waals surface area (Å²) in [6, 6.07) is 6.07. The van der Waals surface area contributed by atoms with E-state index in [0.29, 0.717) is 0 Å². The van der Waals surface area contributed by atoms with E-state index in [1.807, 2.05) is 26.1 Å². The molecule has 0 saturated heterocycles. The van der Waals surface area contributed by atoms with Crippen molar-refractivity contribution in [3.63, 3.8) is 0 Å². The highest BCUT2D eigenvalue weighted by atomic mass is 32.1. The summed E-state index contributed by atoms with van der Waals surface area (Å²) in [6.45, 7) is 6.48. The number of aromatic nitrogens is 1. The maximum atomic E-state index is 5.51. The van der Waals surface area contributed by atoms with Gasteiger partial charge in [-0.3, -0.25) is 0 Å². The highest BCUT2D eigenvalue weighted by Gasteiger charge is 2.22. The molecule has 0 radical (unpaired) electrons. The van der Waals surface area contributed by atoms with E-state index in [-0.39, 0.29) is 11.6 Å². The lowest BCUT2D eigenvalue weighted by Crippen LogP contribution is -2.26. The number of methoxy groups -OCH3 is 1. The van der Waals surface area contributed by atoms with Crippen molar-refractivity contribution in [2.45, 2.75) is 38.8 Å². The van der Waals surface area contributed by atoms with Gasteiger partial charge in [0.25, 0.3) is 0 Å². The minimum atomic E-state index is -0.160. The summed E-state index contributed by atoms with van der Waals surface area (Å²) in [5, 5.41) is 13.1. The summed E-state index contributed by atoms with van der Waals surface area (Å²) >= 11 is 1.70. The van der Waals surface area contributed by atoms with Crippen molar-refractivity contribution >= 4 is 17.4 Å². The average molecular weight is 372 g/mol. The van der Waals surface area contributed by atoms with Gasteiger partial charge in [-0.1, -0.05) is 37.3 Å². The van der Waals surface area contributed by atoms with Gasteiger partial charge in [0.2, 0.25) is 0 Å². The highest BCUT2D eigenvalue weighted by Crippen LogP contribution is 2.31. The van der Waals surface area contributed by atoms with E-state index in [0.717, 1.165) is 34.0 Å². The lowest BCUT2D eigenvalue weighted by molar-refractivity contribution is 0.262. The minimum absolute atomic E-state index is 0.00393. The third-order valence-corrected chi connectivity index (χ3v) is 5.19. The predicted octanol–water partition coefficient (Wildman–Crippen LogP) is 4.66. The van der Waals surface area contributed by atoms with E-state index < -0.39 is 0 Å². The largest absolute Gasteiger partial charge is 0.496 e. The molecule has 3 rings (SSSR count). The van der Waals surface area contributed by atoms with E-state index in [2.05, 4.69) is 58.2 Å². The summed E-state index contributed by atoms with van der Waals surface area (Å²) in [5.74, 6) is 0.843. The number of hydrogen-bond acceptors (Lipinski definition) is 7. The molecule has 0 saturated carbocycles.